The molecule has 1 amide bonds. The molecule has 0 aliphatic heterocycles. The Balaban J connectivity index is 1.34. The third-order valence-corrected chi connectivity index (χ3v) is 5.53. The molecule has 0 radical (unpaired) electrons. The van der Waals surface area contributed by atoms with E-state index in [-0.39, 0.29) is 18.9 Å². The van der Waals surface area contributed by atoms with Gasteiger partial charge in [-0.1, -0.05) is 53.7 Å². The Labute approximate surface area is 180 Å². The fourth-order valence-corrected chi connectivity index (χ4v) is 4.05. The van der Waals surface area contributed by atoms with Crippen molar-refractivity contribution < 1.29 is 24.0 Å². The molecule has 7 nitrogen and oxygen atoms in total. The molecule has 2 aromatic carbocycles. The monoisotopic (exact) mass is 420 g/mol. The maximum atomic E-state index is 12.3. The van der Waals surface area contributed by atoms with Crippen LogP contribution in [0.25, 0.3) is 11.1 Å². The van der Waals surface area contributed by atoms with E-state index in [2.05, 4.69) is 22.6 Å². The summed E-state index contributed by atoms with van der Waals surface area (Å²) < 4.78 is 10.6. The predicted molar refractivity (Wildman–Crippen MR) is 114 cm³/mol. The summed E-state index contributed by atoms with van der Waals surface area (Å²) in [6, 6.07) is 16.9. The summed E-state index contributed by atoms with van der Waals surface area (Å²) in [7, 11) is 0. The van der Waals surface area contributed by atoms with E-state index in [9.17, 15) is 14.7 Å². The second kappa shape index (κ2) is 9.04. The number of aromatic nitrogens is 1. The lowest BCUT2D eigenvalue weighted by Gasteiger charge is -2.17. The number of benzene rings is 2. The number of amides is 1. The van der Waals surface area contributed by atoms with Crippen molar-refractivity contribution in [2.75, 3.05) is 6.61 Å². The van der Waals surface area contributed by atoms with E-state index in [1.54, 1.807) is 0 Å². The van der Waals surface area contributed by atoms with E-state index in [0.717, 1.165) is 27.9 Å². The van der Waals surface area contributed by atoms with Crippen molar-refractivity contribution in [3.8, 4) is 11.1 Å². The van der Waals surface area contributed by atoms with Crippen LogP contribution >= 0.6 is 0 Å². The summed E-state index contributed by atoms with van der Waals surface area (Å²) >= 11 is 0. The number of hydrogen-bond acceptors (Lipinski definition) is 5. The van der Waals surface area contributed by atoms with Crippen molar-refractivity contribution >= 4 is 12.1 Å². The molecule has 160 valence electrons. The van der Waals surface area contributed by atoms with Crippen molar-refractivity contribution in [2.24, 2.45) is 0 Å². The van der Waals surface area contributed by atoms with Crippen molar-refractivity contribution in [1.29, 1.82) is 0 Å². The molecule has 0 spiro atoms. The summed E-state index contributed by atoms with van der Waals surface area (Å²) in [5.41, 5.74) is 5.26. The number of ether oxygens (including phenoxy) is 1. The number of nitrogens with zero attached hydrogens (tertiary/aromatic N) is 1. The van der Waals surface area contributed by atoms with Gasteiger partial charge in [0.2, 0.25) is 0 Å². The minimum Gasteiger partial charge on any atom is -0.480 e. The summed E-state index contributed by atoms with van der Waals surface area (Å²) in [5.74, 6) is -0.471. The van der Waals surface area contributed by atoms with E-state index in [1.165, 1.54) is 0 Å². The zero-order chi connectivity index (χ0) is 21.8. The van der Waals surface area contributed by atoms with Gasteiger partial charge in [0.05, 0.1) is 5.69 Å². The van der Waals surface area contributed by atoms with Crippen LogP contribution in [-0.2, 0) is 16.0 Å². The lowest BCUT2D eigenvalue weighted by molar-refractivity contribution is -0.139. The van der Waals surface area contributed by atoms with Crippen LogP contribution in [0.1, 0.15) is 41.3 Å². The molecule has 1 heterocycles. The first kappa shape index (κ1) is 20.7. The second-order valence-electron chi connectivity index (χ2n) is 7.69. The number of hydrogen-bond donors (Lipinski definition) is 2. The molecule has 0 bridgehead atoms. The van der Waals surface area contributed by atoms with Gasteiger partial charge in [-0.05, 0) is 42.0 Å². The topological polar surface area (TPSA) is 102 Å². The van der Waals surface area contributed by atoms with E-state index < -0.39 is 18.1 Å². The first-order chi connectivity index (χ1) is 15.0. The predicted octanol–water partition coefficient (Wildman–Crippen LogP) is 4.30. The number of aryl methyl sites for hydroxylation is 2. The van der Waals surface area contributed by atoms with Crippen molar-refractivity contribution in [2.45, 2.75) is 38.1 Å². The van der Waals surface area contributed by atoms with Gasteiger partial charge < -0.3 is 19.7 Å². The fourth-order valence-electron chi connectivity index (χ4n) is 4.05. The molecule has 1 aliphatic carbocycles. The average molecular weight is 420 g/mol. The number of rotatable bonds is 8. The lowest BCUT2D eigenvalue weighted by atomic mass is 9.98. The largest absolute Gasteiger partial charge is 0.480 e. The van der Waals surface area contributed by atoms with Gasteiger partial charge in [0.25, 0.3) is 0 Å². The smallest absolute Gasteiger partial charge is 0.407 e. The number of carbonyl (C=O) groups excluding carboxylic acids is 1. The van der Waals surface area contributed by atoms with Gasteiger partial charge in [-0.25, -0.2) is 9.59 Å². The Morgan fingerprint density at radius 2 is 1.77 bits per heavy atom. The molecule has 3 aromatic rings. The number of carboxylic acid groups (broad SMARTS) is 1. The molecule has 1 aliphatic rings. The quantitative estimate of drug-likeness (QED) is 0.563. The SMILES string of the molecule is Cc1cc(CCC[C@H](NC(=O)OCC2c3ccccc3-c3ccccc32)C(=O)O)on1. The summed E-state index contributed by atoms with van der Waals surface area (Å²) in [4.78, 5) is 23.9. The highest BCUT2D eigenvalue weighted by Gasteiger charge is 2.29. The molecular weight excluding hydrogens is 396 g/mol. The summed E-state index contributed by atoms with van der Waals surface area (Å²) in [6.45, 7) is 1.97. The van der Waals surface area contributed by atoms with Crippen LogP contribution in [0.4, 0.5) is 4.79 Å². The highest BCUT2D eigenvalue weighted by atomic mass is 16.5. The second-order valence-corrected chi connectivity index (χ2v) is 7.69. The average Bonchev–Trinajstić information content (AvgIpc) is 3.32. The molecule has 1 atom stereocenters. The molecule has 31 heavy (non-hydrogen) atoms. The molecule has 1 aromatic heterocycles. The van der Waals surface area contributed by atoms with Crippen molar-refractivity contribution in [3.05, 3.63) is 77.2 Å². The number of aliphatic carboxylic acids is 1. The molecule has 4 rings (SSSR count). The first-order valence-corrected chi connectivity index (χ1v) is 10.3. The third-order valence-electron chi connectivity index (χ3n) is 5.53. The van der Waals surface area contributed by atoms with Gasteiger partial charge in [0, 0.05) is 18.4 Å². The highest BCUT2D eigenvalue weighted by Crippen LogP contribution is 2.44. The Bertz CT molecular complexity index is 1050. The van der Waals surface area contributed by atoms with Gasteiger partial charge in [-0.15, -0.1) is 0 Å². The van der Waals surface area contributed by atoms with Gasteiger partial charge in [-0.2, -0.15) is 0 Å². The Kier molecular flexibility index (Phi) is 6.02. The van der Waals surface area contributed by atoms with Gasteiger partial charge in [0.15, 0.2) is 0 Å². The molecule has 0 fully saturated rings. The fraction of sp³-hybridized carbons (Fsp3) is 0.292. The van der Waals surface area contributed by atoms with Gasteiger partial charge >= 0.3 is 12.1 Å². The Morgan fingerprint density at radius 3 is 2.35 bits per heavy atom. The van der Waals surface area contributed by atoms with Crippen LogP contribution in [0.5, 0.6) is 0 Å². The lowest BCUT2D eigenvalue weighted by Crippen LogP contribution is -2.41. The maximum absolute atomic E-state index is 12.3. The van der Waals surface area contributed by atoms with Gasteiger partial charge in [-0.3, -0.25) is 0 Å². The minimum absolute atomic E-state index is 0.0730. The van der Waals surface area contributed by atoms with E-state index in [0.29, 0.717) is 18.6 Å². The van der Waals surface area contributed by atoms with Crippen LogP contribution in [-0.4, -0.2) is 35.0 Å². The minimum atomic E-state index is -1.10. The number of alkyl carbamates (subject to hydrolysis) is 1. The van der Waals surface area contributed by atoms with E-state index >= 15 is 0 Å². The number of carbonyl (C=O) groups is 2. The van der Waals surface area contributed by atoms with Crippen LogP contribution in [0.3, 0.4) is 0 Å². The van der Waals surface area contributed by atoms with Crippen LogP contribution < -0.4 is 5.32 Å². The number of fused-ring (bicyclic) bond motifs is 3. The van der Waals surface area contributed by atoms with E-state index in [1.807, 2.05) is 49.4 Å². The first-order valence-electron chi connectivity index (χ1n) is 10.3. The van der Waals surface area contributed by atoms with E-state index in [4.69, 9.17) is 9.26 Å². The maximum Gasteiger partial charge on any atom is 0.407 e. The van der Waals surface area contributed by atoms with Crippen LogP contribution in [0, 0.1) is 6.92 Å². The Morgan fingerprint density at radius 1 is 1.13 bits per heavy atom. The zero-order valence-electron chi connectivity index (χ0n) is 17.2. The molecule has 7 heteroatoms. The third kappa shape index (κ3) is 4.60. The highest BCUT2D eigenvalue weighted by molar-refractivity contribution is 5.81. The normalized spacial score (nSPS) is 13.3. The van der Waals surface area contributed by atoms with Crippen molar-refractivity contribution in [1.82, 2.24) is 10.5 Å². The van der Waals surface area contributed by atoms with Gasteiger partial charge in [0.1, 0.15) is 18.4 Å². The molecular formula is C24H24N2O5. The molecule has 0 unspecified atom stereocenters. The van der Waals surface area contributed by atoms with Crippen LogP contribution in [0.15, 0.2) is 59.1 Å². The molecule has 0 saturated carbocycles. The molecule has 0 saturated heterocycles. The zero-order valence-corrected chi connectivity index (χ0v) is 17.2. The summed E-state index contributed by atoms with van der Waals surface area (Å²) in [6.07, 6.45) is 0.621. The van der Waals surface area contributed by atoms with Crippen LogP contribution in [0.2, 0.25) is 0 Å². The standard InChI is InChI=1S/C24H24N2O5/c1-15-13-16(31-26-15)7-6-12-22(23(27)28)25-24(29)30-14-21-19-10-4-2-8-17(19)18-9-3-5-11-20(18)21/h2-5,8-11,13,21-22H,6-7,12,14H2,1H3,(H,25,29)(H,27,28)/t22-/m0/s1. The Hall–Kier alpha value is -3.61. The number of carboxylic acids is 1. The number of nitrogens with one attached hydrogen (secondary N) is 1. The van der Waals surface area contributed by atoms with Crippen molar-refractivity contribution in [3.63, 3.8) is 0 Å². The summed E-state index contributed by atoms with van der Waals surface area (Å²) in [5, 5.41) is 15.7. The molecule has 2 N–H and O–H groups in total.